The van der Waals surface area contributed by atoms with Crippen molar-refractivity contribution in [2.24, 2.45) is 0 Å². The molecule has 1 aliphatic rings. The summed E-state index contributed by atoms with van der Waals surface area (Å²) in [5, 5.41) is 1.45. The molecule has 1 amide bonds. The number of hydrogen-bond donors (Lipinski definition) is 0. The Morgan fingerprint density at radius 3 is 2.81 bits per heavy atom. The minimum absolute atomic E-state index is 0.0545. The van der Waals surface area contributed by atoms with E-state index >= 15 is 0 Å². The van der Waals surface area contributed by atoms with Crippen LogP contribution in [0.2, 0.25) is 0 Å². The molecule has 4 nitrogen and oxygen atoms in total. The summed E-state index contributed by atoms with van der Waals surface area (Å²) in [6.07, 6.45) is 1.78. The van der Waals surface area contributed by atoms with Crippen molar-refractivity contribution in [3.63, 3.8) is 0 Å². The van der Waals surface area contributed by atoms with Gasteiger partial charge in [0.05, 0.1) is 10.1 Å². The molecule has 0 unspecified atom stereocenters. The Bertz CT molecular complexity index is 478. The maximum Gasteiger partial charge on any atom is 0.263 e. The van der Waals surface area contributed by atoms with Gasteiger partial charge in [-0.25, -0.2) is 8.42 Å². The summed E-state index contributed by atoms with van der Waals surface area (Å²) in [5.41, 5.74) is 0. The van der Waals surface area contributed by atoms with Crippen molar-refractivity contribution in [1.29, 1.82) is 0 Å². The monoisotopic (exact) mass is 259 g/mol. The molecule has 1 aliphatic heterocycles. The van der Waals surface area contributed by atoms with Crippen molar-refractivity contribution in [2.75, 3.05) is 19.3 Å². The summed E-state index contributed by atoms with van der Waals surface area (Å²) < 4.78 is 22.7. The highest BCUT2D eigenvalue weighted by Crippen LogP contribution is 2.20. The van der Waals surface area contributed by atoms with Gasteiger partial charge in [0.15, 0.2) is 9.84 Å². The van der Waals surface area contributed by atoms with Crippen LogP contribution in [0.25, 0.3) is 0 Å². The average Bonchev–Trinajstić information content (AvgIpc) is 2.87. The fraction of sp³-hybridized carbons (Fsp3) is 0.500. The Hall–Kier alpha value is -0.880. The quantitative estimate of drug-likeness (QED) is 0.796. The zero-order valence-electron chi connectivity index (χ0n) is 8.92. The molecule has 0 aliphatic carbocycles. The molecule has 0 aromatic carbocycles. The van der Waals surface area contributed by atoms with E-state index < -0.39 is 15.1 Å². The molecule has 2 heterocycles. The van der Waals surface area contributed by atoms with Crippen molar-refractivity contribution in [3.8, 4) is 0 Å². The molecule has 2 rings (SSSR count). The van der Waals surface area contributed by atoms with Gasteiger partial charge in [-0.3, -0.25) is 4.79 Å². The number of carbonyl (C=O) groups is 1. The lowest BCUT2D eigenvalue weighted by molar-refractivity contribution is 0.0798. The molecule has 0 saturated carbocycles. The van der Waals surface area contributed by atoms with Crippen molar-refractivity contribution < 1.29 is 13.2 Å². The van der Waals surface area contributed by atoms with E-state index in [1.54, 1.807) is 11.0 Å². The van der Waals surface area contributed by atoms with Gasteiger partial charge < -0.3 is 4.90 Å². The van der Waals surface area contributed by atoms with Crippen LogP contribution in [0.3, 0.4) is 0 Å². The van der Waals surface area contributed by atoms with Crippen LogP contribution >= 0.6 is 11.3 Å². The molecule has 1 aromatic heterocycles. The van der Waals surface area contributed by atoms with E-state index in [1.807, 2.05) is 11.4 Å². The fourth-order valence-corrected chi connectivity index (χ4v) is 3.49. The third-order valence-electron chi connectivity index (χ3n) is 2.77. The second-order valence-corrected chi connectivity index (χ2v) is 7.24. The first-order chi connectivity index (χ1) is 7.48. The Morgan fingerprint density at radius 2 is 2.31 bits per heavy atom. The first-order valence-corrected chi connectivity index (χ1v) is 7.83. The molecule has 1 aromatic rings. The summed E-state index contributed by atoms with van der Waals surface area (Å²) in [6.45, 7) is 0.865. The van der Waals surface area contributed by atoms with E-state index in [1.165, 1.54) is 17.6 Å². The molecule has 0 radical (unpaired) electrons. The maximum absolute atomic E-state index is 11.9. The van der Waals surface area contributed by atoms with Crippen molar-refractivity contribution in [1.82, 2.24) is 4.90 Å². The van der Waals surface area contributed by atoms with Gasteiger partial charge in [0, 0.05) is 19.3 Å². The fourth-order valence-electron chi connectivity index (χ4n) is 1.82. The van der Waals surface area contributed by atoms with Crippen LogP contribution in [-0.2, 0) is 9.84 Å². The predicted molar refractivity (Wildman–Crippen MR) is 63.5 cm³/mol. The minimum Gasteiger partial charge on any atom is -0.337 e. The molecule has 1 saturated heterocycles. The zero-order chi connectivity index (χ0) is 11.8. The van der Waals surface area contributed by atoms with Gasteiger partial charge in [0.2, 0.25) is 0 Å². The van der Waals surface area contributed by atoms with Crippen molar-refractivity contribution in [3.05, 3.63) is 22.4 Å². The second-order valence-electron chi connectivity index (χ2n) is 3.97. The van der Waals surface area contributed by atoms with Crippen molar-refractivity contribution >= 4 is 27.1 Å². The van der Waals surface area contributed by atoms with Crippen LogP contribution in [-0.4, -0.2) is 43.8 Å². The number of rotatable bonds is 2. The third kappa shape index (κ3) is 2.27. The summed E-state index contributed by atoms with van der Waals surface area (Å²) in [6, 6.07) is 3.59. The summed E-state index contributed by atoms with van der Waals surface area (Å²) >= 11 is 1.39. The normalized spacial score (nSPS) is 21.3. The lowest BCUT2D eigenvalue weighted by Crippen LogP contribution is -2.31. The van der Waals surface area contributed by atoms with Gasteiger partial charge in [-0.2, -0.15) is 0 Å². The topological polar surface area (TPSA) is 54.5 Å². The van der Waals surface area contributed by atoms with Crippen molar-refractivity contribution in [2.45, 2.75) is 11.7 Å². The van der Waals surface area contributed by atoms with E-state index in [0.29, 0.717) is 24.4 Å². The Balaban J connectivity index is 2.08. The minimum atomic E-state index is -3.03. The number of nitrogens with zero attached hydrogens (tertiary/aromatic N) is 1. The molecule has 0 N–H and O–H groups in total. The highest BCUT2D eigenvalue weighted by Gasteiger charge is 2.33. The average molecular weight is 259 g/mol. The Morgan fingerprint density at radius 1 is 1.56 bits per heavy atom. The number of carbonyl (C=O) groups excluding carboxylic acids is 1. The SMILES string of the molecule is CS(=O)(=O)[C@H]1CCN(C(=O)c2cccs2)C1. The van der Waals surface area contributed by atoms with Gasteiger partial charge in [0.25, 0.3) is 5.91 Å². The van der Waals surface area contributed by atoms with E-state index in [4.69, 9.17) is 0 Å². The molecule has 1 fully saturated rings. The molecular weight excluding hydrogens is 246 g/mol. The number of likely N-dealkylation sites (tertiary alicyclic amines) is 1. The largest absolute Gasteiger partial charge is 0.337 e. The summed E-state index contributed by atoms with van der Waals surface area (Å²) in [5.74, 6) is -0.0545. The third-order valence-corrected chi connectivity index (χ3v) is 5.22. The number of amides is 1. The molecule has 88 valence electrons. The van der Waals surface area contributed by atoms with Gasteiger partial charge in [-0.15, -0.1) is 11.3 Å². The maximum atomic E-state index is 11.9. The molecular formula is C10H13NO3S2. The van der Waals surface area contributed by atoms with Gasteiger partial charge >= 0.3 is 0 Å². The molecule has 0 spiro atoms. The standard InChI is InChI=1S/C10H13NO3S2/c1-16(13,14)8-4-5-11(7-8)10(12)9-3-2-6-15-9/h2-3,6,8H,4-5,7H2,1H3/t8-/m0/s1. The van der Waals surface area contributed by atoms with E-state index in [-0.39, 0.29) is 5.91 Å². The van der Waals surface area contributed by atoms with Crippen LogP contribution in [0.5, 0.6) is 0 Å². The van der Waals surface area contributed by atoms with Crippen LogP contribution in [0.4, 0.5) is 0 Å². The lowest BCUT2D eigenvalue weighted by Gasteiger charge is -2.14. The van der Waals surface area contributed by atoms with Crippen LogP contribution in [0, 0.1) is 0 Å². The highest BCUT2D eigenvalue weighted by molar-refractivity contribution is 7.91. The van der Waals surface area contributed by atoms with Crippen LogP contribution < -0.4 is 0 Å². The predicted octanol–water partition coefficient (Wildman–Crippen LogP) is 1.01. The summed E-state index contributed by atoms with van der Waals surface area (Å²) in [7, 11) is -3.03. The van der Waals surface area contributed by atoms with Crippen LogP contribution in [0.1, 0.15) is 16.1 Å². The van der Waals surface area contributed by atoms with Crippen LogP contribution in [0.15, 0.2) is 17.5 Å². The van der Waals surface area contributed by atoms with Gasteiger partial charge in [-0.1, -0.05) is 6.07 Å². The first-order valence-electron chi connectivity index (χ1n) is 5.00. The summed E-state index contributed by atoms with van der Waals surface area (Å²) in [4.78, 5) is 14.2. The number of thiophene rings is 1. The van der Waals surface area contributed by atoms with E-state index in [2.05, 4.69) is 0 Å². The molecule has 0 bridgehead atoms. The number of hydrogen-bond acceptors (Lipinski definition) is 4. The smallest absolute Gasteiger partial charge is 0.263 e. The zero-order valence-corrected chi connectivity index (χ0v) is 10.6. The highest BCUT2D eigenvalue weighted by atomic mass is 32.2. The second kappa shape index (κ2) is 4.18. The van der Waals surface area contributed by atoms with E-state index in [0.717, 1.165) is 0 Å². The first kappa shape index (κ1) is 11.6. The number of sulfone groups is 1. The lowest BCUT2D eigenvalue weighted by atomic mass is 10.4. The van der Waals surface area contributed by atoms with Gasteiger partial charge in [0.1, 0.15) is 0 Å². The molecule has 1 atom stereocenters. The Kier molecular flexibility index (Phi) is 3.03. The molecule has 6 heteroatoms. The Labute approximate surface area is 98.8 Å². The van der Waals surface area contributed by atoms with Gasteiger partial charge in [-0.05, 0) is 17.9 Å². The molecule has 16 heavy (non-hydrogen) atoms. The van der Waals surface area contributed by atoms with E-state index in [9.17, 15) is 13.2 Å².